The maximum atomic E-state index is 14.5. The molecule has 2 aromatic rings. The van der Waals surface area contributed by atoms with Gasteiger partial charge >= 0.3 is 0 Å². The molecule has 0 radical (unpaired) electrons. The van der Waals surface area contributed by atoms with Gasteiger partial charge in [0.15, 0.2) is 11.6 Å². The minimum absolute atomic E-state index is 0.00772. The highest BCUT2D eigenvalue weighted by Gasteiger charge is 2.55. The normalized spacial score (nSPS) is 31.1. The van der Waals surface area contributed by atoms with E-state index in [0.717, 1.165) is 12.6 Å². The highest BCUT2D eigenvalue weighted by Crippen LogP contribution is 2.52. The summed E-state index contributed by atoms with van der Waals surface area (Å²) >= 11 is 0. The van der Waals surface area contributed by atoms with Crippen LogP contribution >= 0.6 is 0 Å². The molecule has 2 aliphatic carbocycles. The van der Waals surface area contributed by atoms with Crippen molar-refractivity contribution in [3.63, 3.8) is 0 Å². The van der Waals surface area contributed by atoms with Crippen LogP contribution in [0.3, 0.4) is 0 Å². The van der Waals surface area contributed by atoms with Crippen molar-refractivity contribution < 1.29 is 17.6 Å². The quantitative estimate of drug-likeness (QED) is 0.518. The molecule has 5 atom stereocenters. The van der Waals surface area contributed by atoms with Crippen molar-refractivity contribution in [2.24, 2.45) is 29.4 Å². The lowest BCUT2D eigenvalue weighted by Crippen LogP contribution is -2.47. The first-order valence-electron chi connectivity index (χ1n) is 10.2. The Balaban J connectivity index is 1.56. The van der Waals surface area contributed by atoms with Crippen LogP contribution in [0.2, 0.25) is 0 Å². The van der Waals surface area contributed by atoms with E-state index >= 15 is 0 Å². The summed E-state index contributed by atoms with van der Waals surface area (Å²) in [6.07, 6.45) is 2.50. The van der Waals surface area contributed by atoms with Crippen LogP contribution in [0.15, 0.2) is 30.5 Å². The minimum Gasteiger partial charge on any atom is -0.369 e. The molecule has 2 saturated carbocycles. The molecule has 0 unspecified atom stereocenters. The fraction of sp³-hybridized carbons (Fsp3) is 0.450. The Kier molecular flexibility index (Phi) is 4.82. The summed E-state index contributed by atoms with van der Waals surface area (Å²) in [6.45, 7) is 0.266. The van der Waals surface area contributed by atoms with Crippen LogP contribution in [-0.4, -0.2) is 36.9 Å². The highest BCUT2D eigenvalue weighted by atomic mass is 32.2. The number of sulfonamides is 1. The number of primary amides is 1. The van der Waals surface area contributed by atoms with Crippen LogP contribution in [0.5, 0.6) is 0 Å². The molecule has 3 aliphatic rings. The van der Waals surface area contributed by atoms with Gasteiger partial charge in [-0.3, -0.25) is 4.79 Å². The number of benzene rings is 1. The van der Waals surface area contributed by atoms with Gasteiger partial charge in [-0.2, -0.15) is 4.98 Å². The molecule has 0 saturated heterocycles. The number of amides is 1. The second-order valence-corrected chi connectivity index (χ2v) is 10.4. The topological polar surface area (TPSA) is 139 Å². The maximum absolute atomic E-state index is 14.5. The van der Waals surface area contributed by atoms with Crippen LogP contribution in [0.4, 0.5) is 21.8 Å². The predicted octanol–water partition coefficient (Wildman–Crippen LogP) is 1.33. The number of halogens is 1. The van der Waals surface area contributed by atoms with Crippen LogP contribution in [-0.2, 0) is 20.6 Å². The first kappa shape index (κ1) is 20.1. The maximum Gasteiger partial charge on any atom is 0.229 e. The van der Waals surface area contributed by atoms with Gasteiger partial charge in [-0.25, -0.2) is 22.5 Å². The molecular weight excluding hydrogens is 423 g/mol. The summed E-state index contributed by atoms with van der Waals surface area (Å²) in [5.74, 6) is -1.52. The summed E-state index contributed by atoms with van der Waals surface area (Å²) in [7, 11) is -3.55. The molecule has 1 aliphatic heterocycles. The molecule has 164 valence electrons. The molecule has 1 amide bonds. The van der Waals surface area contributed by atoms with Crippen LogP contribution in [0.25, 0.3) is 0 Å². The van der Waals surface area contributed by atoms with Gasteiger partial charge < -0.3 is 16.4 Å². The molecule has 5 N–H and O–H groups in total. The monoisotopic (exact) mass is 446 g/mol. The SMILES string of the molecule is NC(=O)[C@H]1[C@@H]2C[C@H]3CNS(=O)(=O)Cc4cccc(c4)Nc4ncc(F)c(n4)N[C@@H]1[C@@H]3C2. The Morgan fingerprint density at radius 3 is 2.87 bits per heavy atom. The standard InChI is InChI=1S/C20H23FN6O3S/c21-15-8-23-20-25-13-3-1-2-10(4-13)9-31(29,30)24-7-12-5-11-6-14(12)17(16(11)18(22)28)26-19(15)27-20/h1-4,8,11-12,14,16-17,24H,5-7,9H2,(H2,22,28)(H2,23,25,26,27)/t11-,12+,14-,16+,17-/m1/s1. The molecule has 11 heteroatoms. The zero-order chi connectivity index (χ0) is 21.8. The number of anilines is 3. The number of nitrogens with two attached hydrogens (primary N) is 1. The van der Waals surface area contributed by atoms with Crippen molar-refractivity contribution in [2.45, 2.75) is 24.6 Å². The van der Waals surface area contributed by atoms with Crippen molar-refractivity contribution >= 4 is 33.4 Å². The lowest BCUT2D eigenvalue weighted by atomic mass is 9.78. The Morgan fingerprint density at radius 2 is 2.06 bits per heavy atom. The van der Waals surface area contributed by atoms with Crippen molar-refractivity contribution in [2.75, 3.05) is 17.2 Å². The van der Waals surface area contributed by atoms with E-state index in [1.54, 1.807) is 24.3 Å². The van der Waals surface area contributed by atoms with Crippen LogP contribution in [0, 0.1) is 29.5 Å². The van der Waals surface area contributed by atoms with Crippen molar-refractivity contribution in [3.8, 4) is 0 Å². The number of carbonyl (C=O) groups is 1. The number of carbonyl (C=O) groups excluding carboxylic acids is 1. The van der Waals surface area contributed by atoms with E-state index in [4.69, 9.17) is 5.73 Å². The Hall–Kier alpha value is -2.79. The fourth-order valence-corrected chi connectivity index (χ4v) is 6.58. The van der Waals surface area contributed by atoms with Crippen LogP contribution in [0.1, 0.15) is 18.4 Å². The van der Waals surface area contributed by atoms with E-state index in [9.17, 15) is 17.6 Å². The number of hydrogen-bond donors (Lipinski definition) is 4. The molecule has 1 aromatic carbocycles. The number of nitrogens with zero attached hydrogens (tertiary/aromatic N) is 2. The van der Waals surface area contributed by atoms with Gasteiger partial charge in [0.2, 0.25) is 21.9 Å². The smallest absolute Gasteiger partial charge is 0.229 e. The minimum atomic E-state index is -3.55. The molecule has 31 heavy (non-hydrogen) atoms. The number of rotatable bonds is 1. The third-order valence-electron chi connectivity index (χ3n) is 6.62. The summed E-state index contributed by atoms with van der Waals surface area (Å²) in [5.41, 5.74) is 6.85. The molecule has 2 heterocycles. The van der Waals surface area contributed by atoms with E-state index in [2.05, 4.69) is 25.3 Å². The molecular formula is C20H23FN6O3S. The zero-order valence-electron chi connectivity index (χ0n) is 16.6. The lowest BCUT2D eigenvalue weighted by Gasteiger charge is -2.35. The Morgan fingerprint density at radius 1 is 1.23 bits per heavy atom. The third kappa shape index (κ3) is 3.83. The molecule has 2 fully saturated rings. The van der Waals surface area contributed by atoms with Gasteiger partial charge in [0.1, 0.15) is 0 Å². The third-order valence-corrected chi connectivity index (χ3v) is 7.94. The van der Waals surface area contributed by atoms with E-state index in [1.807, 2.05) is 0 Å². The van der Waals surface area contributed by atoms with Crippen LogP contribution < -0.4 is 21.1 Å². The highest BCUT2D eigenvalue weighted by molar-refractivity contribution is 7.88. The second kappa shape index (κ2) is 7.41. The van der Waals surface area contributed by atoms with Gasteiger partial charge in [0.05, 0.1) is 17.9 Å². The number of fused-ring (bicyclic) bond motifs is 5. The van der Waals surface area contributed by atoms with Gasteiger partial charge in [0.25, 0.3) is 0 Å². The predicted molar refractivity (Wildman–Crippen MR) is 112 cm³/mol. The summed E-state index contributed by atoms with van der Waals surface area (Å²) in [6, 6.07) is 6.47. The summed E-state index contributed by atoms with van der Waals surface area (Å²) in [5, 5.41) is 6.08. The lowest BCUT2D eigenvalue weighted by molar-refractivity contribution is -0.123. The molecule has 5 rings (SSSR count). The first-order valence-corrected chi connectivity index (χ1v) is 11.9. The van der Waals surface area contributed by atoms with E-state index in [0.29, 0.717) is 17.7 Å². The summed E-state index contributed by atoms with van der Waals surface area (Å²) < 4.78 is 42.6. The average molecular weight is 447 g/mol. The fourth-order valence-electron chi connectivity index (χ4n) is 5.39. The molecule has 6 bridgehead atoms. The van der Waals surface area contributed by atoms with E-state index < -0.39 is 33.7 Å². The van der Waals surface area contributed by atoms with E-state index in [-0.39, 0.29) is 41.8 Å². The van der Waals surface area contributed by atoms with Gasteiger partial charge in [0, 0.05) is 18.3 Å². The second-order valence-electron chi connectivity index (χ2n) is 8.58. The zero-order valence-corrected chi connectivity index (χ0v) is 17.4. The first-order chi connectivity index (χ1) is 14.8. The van der Waals surface area contributed by atoms with Gasteiger partial charge in [-0.15, -0.1) is 0 Å². The number of nitrogens with one attached hydrogen (secondary N) is 3. The number of aromatic nitrogens is 2. The van der Waals surface area contributed by atoms with E-state index in [1.165, 1.54) is 0 Å². The van der Waals surface area contributed by atoms with Crippen molar-refractivity contribution in [3.05, 3.63) is 41.8 Å². The molecule has 1 aromatic heterocycles. The van der Waals surface area contributed by atoms with Gasteiger partial charge in [-0.05, 0) is 48.3 Å². The number of hydrogen-bond acceptors (Lipinski definition) is 7. The van der Waals surface area contributed by atoms with Crippen molar-refractivity contribution in [1.29, 1.82) is 0 Å². The van der Waals surface area contributed by atoms with Crippen molar-refractivity contribution in [1.82, 2.24) is 14.7 Å². The summed E-state index contributed by atoms with van der Waals surface area (Å²) in [4.78, 5) is 20.4. The average Bonchev–Trinajstić information content (AvgIpc) is 3.26. The largest absolute Gasteiger partial charge is 0.369 e. The Bertz CT molecular complexity index is 1140. The molecule has 0 spiro atoms. The Labute approximate surface area is 179 Å². The van der Waals surface area contributed by atoms with Gasteiger partial charge in [-0.1, -0.05) is 12.1 Å². The molecule has 9 nitrogen and oxygen atoms in total.